The Hall–Kier alpha value is -2.04. The van der Waals surface area contributed by atoms with Crippen LogP contribution in [0.4, 0.5) is 0 Å². The molecule has 0 aliphatic carbocycles. The molecule has 5 heteroatoms. The number of aliphatic imine (C=N–C) groups is 1. The lowest BCUT2D eigenvalue weighted by molar-refractivity contribution is -0.129. The van der Waals surface area contributed by atoms with Crippen LogP contribution in [0.1, 0.15) is 31.7 Å². The molecule has 1 aliphatic heterocycles. The molecule has 1 fully saturated rings. The first kappa shape index (κ1) is 16.3. The van der Waals surface area contributed by atoms with Gasteiger partial charge in [-0.25, -0.2) is 4.99 Å². The van der Waals surface area contributed by atoms with Crippen molar-refractivity contribution in [3.63, 3.8) is 0 Å². The maximum atomic E-state index is 12.0. The molecule has 1 aromatic rings. The number of carbonyl (C=O) groups is 1. The molecule has 0 unspecified atom stereocenters. The Morgan fingerprint density at radius 2 is 1.91 bits per heavy atom. The van der Waals surface area contributed by atoms with Crippen molar-refractivity contribution >= 4 is 11.9 Å². The van der Waals surface area contributed by atoms with Crippen LogP contribution in [0.15, 0.2) is 35.3 Å². The lowest BCUT2D eigenvalue weighted by Crippen LogP contribution is -2.39. The molecule has 0 spiro atoms. The summed E-state index contributed by atoms with van der Waals surface area (Å²) in [5, 5.41) is 6.45. The fraction of sp³-hybridized carbons (Fsp3) is 0.529. The predicted octanol–water partition coefficient (Wildman–Crippen LogP) is 1.75. The summed E-state index contributed by atoms with van der Waals surface area (Å²) in [6.07, 6.45) is 2.80. The van der Waals surface area contributed by atoms with Crippen molar-refractivity contribution in [3.05, 3.63) is 35.9 Å². The van der Waals surface area contributed by atoms with E-state index in [1.807, 2.05) is 30.0 Å². The topological polar surface area (TPSA) is 56.7 Å². The van der Waals surface area contributed by atoms with Gasteiger partial charge in [0, 0.05) is 32.6 Å². The van der Waals surface area contributed by atoms with Crippen LogP contribution >= 0.6 is 0 Å². The first-order chi connectivity index (χ1) is 10.8. The highest BCUT2D eigenvalue weighted by molar-refractivity contribution is 5.81. The standard InChI is InChI=1S/C17H26N4O/c1-2-18-17(20-14-15-8-4-3-5-9-15)19-11-10-16(22)21-12-6-7-13-21/h3-5,8-9H,2,6-7,10-14H2,1H3,(H2,18,19,20). The number of guanidine groups is 1. The molecular formula is C17H26N4O. The third-order valence-corrected chi connectivity index (χ3v) is 3.70. The molecule has 0 saturated carbocycles. The van der Waals surface area contributed by atoms with E-state index in [1.54, 1.807) is 0 Å². The van der Waals surface area contributed by atoms with Crippen molar-refractivity contribution in [3.8, 4) is 0 Å². The molecule has 0 bridgehead atoms. The predicted molar refractivity (Wildman–Crippen MR) is 89.7 cm³/mol. The van der Waals surface area contributed by atoms with Crippen molar-refractivity contribution in [1.82, 2.24) is 15.5 Å². The summed E-state index contributed by atoms with van der Waals surface area (Å²) in [6, 6.07) is 10.1. The highest BCUT2D eigenvalue weighted by Gasteiger charge is 2.17. The molecule has 120 valence electrons. The second-order valence-corrected chi connectivity index (χ2v) is 5.45. The van der Waals surface area contributed by atoms with Gasteiger partial charge >= 0.3 is 0 Å². The number of likely N-dealkylation sites (tertiary alicyclic amines) is 1. The van der Waals surface area contributed by atoms with Crippen LogP contribution in [0.2, 0.25) is 0 Å². The van der Waals surface area contributed by atoms with Crippen molar-refractivity contribution in [1.29, 1.82) is 0 Å². The number of carbonyl (C=O) groups excluding carboxylic acids is 1. The average molecular weight is 302 g/mol. The minimum atomic E-state index is 0.240. The number of hydrogen-bond acceptors (Lipinski definition) is 2. The molecule has 1 heterocycles. The van der Waals surface area contributed by atoms with Gasteiger partial charge in [0.2, 0.25) is 5.91 Å². The van der Waals surface area contributed by atoms with Gasteiger partial charge in [-0.15, -0.1) is 0 Å². The van der Waals surface area contributed by atoms with Crippen LogP contribution < -0.4 is 10.6 Å². The van der Waals surface area contributed by atoms with Crippen LogP contribution in [0.3, 0.4) is 0 Å². The van der Waals surface area contributed by atoms with Gasteiger partial charge in [-0.3, -0.25) is 4.79 Å². The van der Waals surface area contributed by atoms with E-state index in [2.05, 4.69) is 27.8 Å². The summed E-state index contributed by atoms with van der Waals surface area (Å²) in [5.41, 5.74) is 1.17. The molecule has 1 aromatic carbocycles. The Bertz CT molecular complexity index is 481. The second kappa shape index (κ2) is 9.07. The SMILES string of the molecule is CCNC(=NCc1ccccc1)NCCC(=O)N1CCCC1. The smallest absolute Gasteiger partial charge is 0.224 e. The number of nitrogens with one attached hydrogen (secondary N) is 2. The molecule has 1 aliphatic rings. The van der Waals surface area contributed by atoms with E-state index in [4.69, 9.17) is 0 Å². The summed E-state index contributed by atoms with van der Waals surface area (Å²) in [7, 11) is 0. The fourth-order valence-corrected chi connectivity index (χ4v) is 2.51. The molecule has 1 amide bonds. The summed E-state index contributed by atoms with van der Waals surface area (Å²) >= 11 is 0. The Kier molecular flexibility index (Phi) is 6.74. The number of benzene rings is 1. The number of rotatable bonds is 6. The minimum Gasteiger partial charge on any atom is -0.357 e. The third kappa shape index (κ3) is 5.39. The second-order valence-electron chi connectivity index (χ2n) is 5.45. The molecule has 0 atom stereocenters. The minimum absolute atomic E-state index is 0.240. The monoisotopic (exact) mass is 302 g/mol. The van der Waals surface area contributed by atoms with E-state index in [9.17, 15) is 4.79 Å². The van der Waals surface area contributed by atoms with Crippen molar-refractivity contribution in [2.75, 3.05) is 26.2 Å². The third-order valence-electron chi connectivity index (χ3n) is 3.70. The van der Waals surface area contributed by atoms with Crippen molar-refractivity contribution < 1.29 is 4.79 Å². The summed E-state index contributed by atoms with van der Waals surface area (Å²) in [5.74, 6) is 1.00. The molecule has 5 nitrogen and oxygen atoms in total. The van der Waals surface area contributed by atoms with Crippen LogP contribution in [0.25, 0.3) is 0 Å². The maximum absolute atomic E-state index is 12.0. The van der Waals surface area contributed by atoms with Crippen LogP contribution in [-0.2, 0) is 11.3 Å². The van der Waals surface area contributed by atoms with Gasteiger partial charge in [-0.05, 0) is 25.3 Å². The molecule has 2 N–H and O–H groups in total. The van der Waals surface area contributed by atoms with Gasteiger partial charge in [0.15, 0.2) is 5.96 Å². The van der Waals surface area contributed by atoms with Gasteiger partial charge < -0.3 is 15.5 Å². The van der Waals surface area contributed by atoms with Gasteiger partial charge in [0.1, 0.15) is 0 Å². The normalized spacial score (nSPS) is 15.0. The van der Waals surface area contributed by atoms with E-state index in [-0.39, 0.29) is 5.91 Å². The average Bonchev–Trinajstić information content (AvgIpc) is 3.08. The van der Waals surface area contributed by atoms with Gasteiger partial charge in [0.05, 0.1) is 6.54 Å². The van der Waals surface area contributed by atoms with Gasteiger partial charge in [-0.1, -0.05) is 30.3 Å². The van der Waals surface area contributed by atoms with Gasteiger partial charge in [0.25, 0.3) is 0 Å². The Labute approximate surface area is 132 Å². The molecule has 0 radical (unpaired) electrons. The summed E-state index contributed by atoms with van der Waals surface area (Å²) in [4.78, 5) is 18.5. The van der Waals surface area contributed by atoms with Crippen LogP contribution in [0.5, 0.6) is 0 Å². The first-order valence-electron chi connectivity index (χ1n) is 8.13. The van der Waals surface area contributed by atoms with Crippen molar-refractivity contribution in [2.24, 2.45) is 4.99 Å². The highest BCUT2D eigenvalue weighted by Crippen LogP contribution is 2.08. The molecule has 2 rings (SSSR count). The lowest BCUT2D eigenvalue weighted by Gasteiger charge is -2.16. The Morgan fingerprint density at radius 1 is 1.18 bits per heavy atom. The zero-order valence-corrected chi connectivity index (χ0v) is 13.3. The summed E-state index contributed by atoms with van der Waals surface area (Å²) in [6.45, 7) is 5.93. The van der Waals surface area contributed by atoms with Gasteiger partial charge in [-0.2, -0.15) is 0 Å². The first-order valence-corrected chi connectivity index (χ1v) is 8.13. The van der Waals surface area contributed by atoms with E-state index < -0.39 is 0 Å². The molecule has 22 heavy (non-hydrogen) atoms. The zero-order valence-electron chi connectivity index (χ0n) is 13.3. The molecule has 0 aromatic heterocycles. The van der Waals surface area contributed by atoms with E-state index >= 15 is 0 Å². The van der Waals surface area contributed by atoms with E-state index in [0.29, 0.717) is 19.5 Å². The number of hydrogen-bond donors (Lipinski definition) is 2. The largest absolute Gasteiger partial charge is 0.357 e. The Balaban J connectivity index is 1.77. The highest BCUT2D eigenvalue weighted by atomic mass is 16.2. The number of amides is 1. The van der Waals surface area contributed by atoms with E-state index in [0.717, 1.165) is 38.4 Å². The fourth-order valence-electron chi connectivity index (χ4n) is 2.51. The zero-order chi connectivity index (χ0) is 15.6. The Morgan fingerprint density at radius 3 is 2.59 bits per heavy atom. The quantitative estimate of drug-likeness (QED) is 0.622. The van der Waals surface area contributed by atoms with Crippen molar-refractivity contribution in [2.45, 2.75) is 32.7 Å². The lowest BCUT2D eigenvalue weighted by atomic mass is 10.2. The molecule has 1 saturated heterocycles. The van der Waals surface area contributed by atoms with Crippen LogP contribution in [0, 0.1) is 0 Å². The number of nitrogens with zero attached hydrogens (tertiary/aromatic N) is 2. The molecular weight excluding hydrogens is 276 g/mol. The summed E-state index contributed by atoms with van der Waals surface area (Å²) < 4.78 is 0. The van der Waals surface area contributed by atoms with Crippen LogP contribution in [-0.4, -0.2) is 42.9 Å². The van der Waals surface area contributed by atoms with E-state index in [1.165, 1.54) is 5.56 Å². The maximum Gasteiger partial charge on any atom is 0.224 e.